The number of fused-ring (bicyclic) bond motifs is 2. The summed E-state index contributed by atoms with van der Waals surface area (Å²) in [7, 11) is 0. The normalized spacial score (nSPS) is 22.4. The van der Waals surface area contributed by atoms with Gasteiger partial charge in [0.25, 0.3) is 5.91 Å². The standard InChI is InChI=1S/C23H29N5O2/c1-4-27-12-17(11-25-27)19-7-5-16(9-22(19)30-13-15(2)3)23(29)26-20-10-18-6-8-21(20)28(18)14-24/h5,7,9,11-12,15,18,20-21H,4,6,8,10,13H2,1-3H3,(H,26,29)/t18-,20+,21+/m0/s1. The van der Waals surface area contributed by atoms with E-state index in [-0.39, 0.29) is 24.0 Å². The van der Waals surface area contributed by atoms with Gasteiger partial charge in [-0.2, -0.15) is 10.4 Å². The molecular weight excluding hydrogens is 378 g/mol. The van der Waals surface area contributed by atoms with Gasteiger partial charge in [-0.1, -0.05) is 13.8 Å². The minimum absolute atomic E-state index is 0.0263. The molecule has 0 unspecified atom stereocenters. The first kappa shape index (κ1) is 20.3. The molecule has 30 heavy (non-hydrogen) atoms. The number of benzene rings is 1. The van der Waals surface area contributed by atoms with Gasteiger partial charge < -0.3 is 15.0 Å². The Morgan fingerprint density at radius 1 is 1.40 bits per heavy atom. The van der Waals surface area contributed by atoms with E-state index in [9.17, 15) is 10.1 Å². The molecule has 1 amide bonds. The molecule has 3 atom stereocenters. The average molecular weight is 408 g/mol. The van der Waals surface area contributed by atoms with Crippen molar-refractivity contribution in [3.63, 3.8) is 0 Å². The first-order valence-electron chi connectivity index (χ1n) is 10.8. The highest BCUT2D eigenvalue weighted by Crippen LogP contribution is 2.37. The summed E-state index contributed by atoms with van der Waals surface area (Å²) < 4.78 is 7.95. The van der Waals surface area contributed by atoms with Crippen LogP contribution < -0.4 is 10.1 Å². The van der Waals surface area contributed by atoms with Crippen LogP contribution in [0.3, 0.4) is 0 Å². The third-order valence-corrected chi connectivity index (χ3v) is 6.05. The Balaban J connectivity index is 1.55. The number of nitrogens with one attached hydrogen (secondary N) is 1. The van der Waals surface area contributed by atoms with Crippen molar-refractivity contribution in [1.82, 2.24) is 20.0 Å². The van der Waals surface area contributed by atoms with E-state index < -0.39 is 0 Å². The molecule has 2 aliphatic rings. The monoisotopic (exact) mass is 407 g/mol. The number of aryl methyl sites for hydroxylation is 1. The minimum atomic E-state index is -0.115. The van der Waals surface area contributed by atoms with Crippen molar-refractivity contribution in [1.29, 1.82) is 5.26 Å². The van der Waals surface area contributed by atoms with Crippen molar-refractivity contribution in [2.24, 2.45) is 5.92 Å². The molecular formula is C23H29N5O2. The Bertz CT molecular complexity index is 961. The van der Waals surface area contributed by atoms with Gasteiger partial charge in [-0.3, -0.25) is 9.48 Å². The summed E-state index contributed by atoms with van der Waals surface area (Å²) in [5, 5.41) is 16.9. The molecule has 1 N–H and O–H groups in total. The Morgan fingerprint density at radius 3 is 2.90 bits per heavy atom. The molecule has 0 radical (unpaired) electrons. The second kappa shape index (κ2) is 8.39. The molecule has 7 heteroatoms. The summed E-state index contributed by atoms with van der Waals surface area (Å²) in [6, 6.07) is 6.02. The molecule has 0 spiro atoms. The van der Waals surface area contributed by atoms with Crippen molar-refractivity contribution in [2.45, 2.75) is 64.7 Å². The van der Waals surface area contributed by atoms with Gasteiger partial charge in [0.2, 0.25) is 0 Å². The number of hydrogen-bond acceptors (Lipinski definition) is 5. The van der Waals surface area contributed by atoms with E-state index in [0.717, 1.165) is 36.9 Å². The number of aromatic nitrogens is 2. The number of ether oxygens (including phenoxy) is 1. The van der Waals surface area contributed by atoms with E-state index in [1.165, 1.54) is 0 Å². The summed E-state index contributed by atoms with van der Waals surface area (Å²) >= 11 is 0. The maximum absolute atomic E-state index is 13.0. The van der Waals surface area contributed by atoms with Crippen LogP contribution in [0, 0.1) is 17.4 Å². The van der Waals surface area contributed by atoms with E-state index in [2.05, 4.69) is 30.5 Å². The largest absolute Gasteiger partial charge is 0.493 e. The third-order valence-electron chi connectivity index (χ3n) is 6.05. The molecule has 0 aliphatic carbocycles. The molecule has 2 aromatic rings. The van der Waals surface area contributed by atoms with Crippen LogP contribution >= 0.6 is 0 Å². The second-order valence-corrected chi connectivity index (χ2v) is 8.62. The zero-order valence-electron chi connectivity index (χ0n) is 17.8. The van der Waals surface area contributed by atoms with Crippen LogP contribution in [0.4, 0.5) is 0 Å². The molecule has 4 rings (SSSR count). The number of nitrogens with zero attached hydrogens (tertiary/aromatic N) is 4. The zero-order chi connectivity index (χ0) is 21.3. The molecule has 158 valence electrons. The van der Waals surface area contributed by atoms with Gasteiger partial charge in [0.1, 0.15) is 5.75 Å². The second-order valence-electron chi connectivity index (χ2n) is 8.62. The maximum Gasteiger partial charge on any atom is 0.251 e. The third kappa shape index (κ3) is 3.87. The van der Waals surface area contributed by atoms with Crippen molar-refractivity contribution in [3.05, 3.63) is 36.2 Å². The fraction of sp³-hybridized carbons (Fsp3) is 0.522. The number of nitriles is 1. The van der Waals surface area contributed by atoms with E-state index in [1.54, 1.807) is 0 Å². The van der Waals surface area contributed by atoms with Crippen LogP contribution in [0.1, 0.15) is 50.4 Å². The summed E-state index contributed by atoms with van der Waals surface area (Å²) in [5.74, 6) is 0.953. The fourth-order valence-corrected chi connectivity index (χ4v) is 4.50. The lowest BCUT2D eigenvalue weighted by Crippen LogP contribution is -2.43. The van der Waals surface area contributed by atoms with Crippen molar-refractivity contribution in [2.75, 3.05) is 6.61 Å². The summed E-state index contributed by atoms with van der Waals surface area (Å²) in [5.41, 5.74) is 2.48. The number of amides is 1. The highest BCUT2D eigenvalue weighted by molar-refractivity contribution is 5.96. The van der Waals surface area contributed by atoms with Crippen LogP contribution in [0.2, 0.25) is 0 Å². The van der Waals surface area contributed by atoms with Gasteiger partial charge in [-0.15, -0.1) is 0 Å². The van der Waals surface area contributed by atoms with Gasteiger partial charge in [0, 0.05) is 35.5 Å². The highest BCUT2D eigenvalue weighted by Gasteiger charge is 2.46. The van der Waals surface area contributed by atoms with Crippen LogP contribution in [-0.4, -0.2) is 45.3 Å². The van der Waals surface area contributed by atoms with Gasteiger partial charge in [0.15, 0.2) is 6.19 Å². The molecule has 2 saturated heterocycles. The van der Waals surface area contributed by atoms with Crippen LogP contribution in [0.5, 0.6) is 5.75 Å². The van der Waals surface area contributed by atoms with Gasteiger partial charge in [-0.25, -0.2) is 0 Å². The molecule has 2 bridgehead atoms. The predicted molar refractivity (Wildman–Crippen MR) is 114 cm³/mol. The summed E-state index contributed by atoms with van der Waals surface area (Å²) in [6.45, 7) is 7.61. The first-order chi connectivity index (χ1) is 14.5. The lowest BCUT2D eigenvalue weighted by Gasteiger charge is -2.22. The van der Waals surface area contributed by atoms with Crippen LogP contribution in [-0.2, 0) is 6.54 Å². The van der Waals surface area contributed by atoms with Gasteiger partial charge in [-0.05, 0) is 50.3 Å². The lowest BCUT2D eigenvalue weighted by molar-refractivity contribution is 0.0928. The van der Waals surface area contributed by atoms with Gasteiger partial charge >= 0.3 is 0 Å². The average Bonchev–Trinajstić information content (AvgIpc) is 3.45. The van der Waals surface area contributed by atoms with E-state index >= 15 is 0 Å². The SMILES string of the molecule is CCn1cc(-c2ccc(C(=O)N[C@@H]3C[C@@H]4CC[C@H]3N4C#N)cc2OCC(C)C)cn1. The van der Waals surface area contributed by atoms with E-state index in [4.69, 9.17) is 4.74 Å². The topological polar surface area (TPSA) is 83.2 Å². The van der Waals surface area contributed by atoms with E-state index in [0.29, 0.717) is 23.8 Å². The first-order valence-corrected chi connectivity index (χ1v) is 10.8. The maximum atomic E-state index is 13.0. The molecule has 1 aromatic carbocycles. The highest BCUT2D eigenvalue weighted by atomic mass is 16.5. The van der Waals surface area contributed by atoms with Crippen molar-refractivity contribution >= 4 is 5.91 Å². The minimum Gasteiger partial charge on any atom is -0.493 e. The molecule has 1 aromatic heterocycles. The molecule has 2 fully saturated rings. The van der Waals surface area contributed by atoms with Crippen LogP contribution in [0.15, 0.2) is 30.6 Å². The molecule has 0 saturated carbocycles. The number of carbonyl (C=O) groups excluding carboxylic acids is 1. The predicted octanol–water partition coefficient (Wildman–Crippen LogP) is 3.42. The number of hydrogen-bond donors (Lipinski definition) is 1. The fourth-order valence-electron chi connectivity index (χ4n) is 4.50. The lowest BCUT2D eigenvalue weighted by atomic mass is 9.95. The Hall–Kier alpha value is -3.01. The quantitative estimate of drug-likeness (QED) is 0.711. The molecule has 7 nitrogen and oxygen atoms in total. The summed E-state index contributed by atoms with van der Waals surface area (Å²) in [6.07, 6.45) is 8.95. The van der Waals surface area contributed by atoms with Crippen molar-refractivity contribution < 1.29 is 9.53 Å². The number of carbonyl (C=O) groups is 1. The molecule has 2 aliphatic heterocycles. The molecule has 3 heterocycles. The van der Waals surface area contributed by atoms with Crippen LogP contribution in [0.25, 0.3) is 11.1 Å². The Kier molecular flexibility index (Phi) is 5.67. The Morgan fingerprint density at radius 2 is 2.23 bits per heavy atom. The summed E-state index contributed by atoms with van der Waals surface area (Å²) in [4.78, 5) is 14.8. The van der Waals surface area contributed by atoms with E-state index in [1.807, 2.05) is 47.1 Å². The smallest absolute Gasteiger partial charge is 0.251 e. The number of rotatable bonds is 7. The zero-order valence-corrected chi connectivity index (χ0v) is 17.8. The van der Waals surface area contributed by atoms with Crippen molar-refractivity contribution in [3.8, 4) is 23.1 Å². The van der Waals surface area contributed by atoms with Gasteiger partial charge in [0.05, 0.1) is 24.9 Å². The Labute approximate surface area is 177 Å².